The van der Waals surface area contributed by atoms with E-state index < -0.39 is 5.82 Å². The van der Waals surface area contributed by atoms with Crippen LogP contribution in [0.2, 0.25) is 0 Å². The molecule has 0 aliphatic carbocycles. The molecule has 0 aliphatic rings. The number of phenols is 1. The first kappa shape index (κ1) is 14.5. The van der Waals surface area contributed by atoms with Crippen molar-refractivity contribution in [2.24, 2.45) is 5.41 Å². The van der Waals surface area contributed by atoms with Gasteiger partial charge in [0.15, 0.2) is 0 Å². The summed E-state index contributed by atoms with van der Waals surface area (Å²) in [6.45, 7) is 7.99. The smallest absolute Gasteiger partial charge is 0.256 e. The van der Waals surface area contributed by atoms with Crippen molar-refractivity contribution in [1.29, 1.82) is 0 Å². The zero-order chi connectivity index (χ0) is 14.1. The largest absolute Gasteiger partial charge is 0.508 e. The van der Waals surface area contributed by atoms with Gasteiger partial charge in [-0.3, -0.25) is 4.79 Å². The lowest BCUT2D eigenvalue weighted by molar-refractivity contribution is 0.0624. The second kappa shape index (κ2) is 4.96. The quantitative estimate of drug-likeness (QED) is 0.880. The molecule has 3 nitrogen and oxygen atoms in total. The molecule has 1 unspecified atom stereocenters. The molecule has 0 radical (unpaired) electrons. The van der Waals surface area contributed by atoms with Crippen molar-refractivity contribution in [2.75, 3.05) is 7.05 Å². The van der Waals surface area contributed by atoms with E-state index in [2.05, 4.69) is 0 Å². The fourth-order valence-corrected chi connectivity index (χ4v) is 1.62. The molecule has 1 atom stereocenters. The molecule has 0 fully saturated rings. The minimum absolute atomic E-state index is 0.0219. The first-order chi connectivity index (χ1) is 8.14. The van der Waals surface area contributed by atoms with E-state index in [0.29, 0.717) is 0 Å². The van der Waals surface area contributed by atoms with E-state index >= 15 is 0 Å². The standard InChI is InChI=1S/C14H20FNO2/c1-9(14(2,3)4)16(5)13(18)11-7-6-10(17)8-12(11)15/h6-9,17H,1-5H3. The Kier molecular flexibility index (Phi) is 3.99. The van der Waals surface area contributed by atoms with Gasteiger partial charge in [-0.25, -0.2) is 4.39 Å². The third kappa shape index (κ3) is 3.00. The molecular formula is C14H20FNO2. The zero-order valence-electron chi connectivity index (χ0n) is 11.5. The first-order valence-corrected chi connectivity index (χ1v) is 5.90. The molecule has 0 aromatic heterocycles. The lowest BCUT2D eigenvalue weighted by Crippen LogP contribution is -2.43. The van der Waals surface area contributed by atoms with Gasteiger partial charge in [0.2, 0.25) is 0 Å². The maximum Gasteiger partial charge on any atom is 0.256 e. The van der Waals surface area contributed by atoms with Crippen LogP contribution in [-0.2, 0) is 0 Å². The average Bonchev–Trinajstić information content (AvgIpc) is 2.25. The highest BCUT2D eigenvalue weighted by molar-refractivity contribution is 5.94. The molecule has 1 rings (SSSR count). The van der Waals surface area contributed by atoms with Gasteiger partial charge in [-0.1, -0.05) is 20.8 Å². The molecule has 1 N–H and O–H groups in total. The van der Waals surface area contributed by atoms with Crippen LogP contribution in [0.3, 0.4) is 0 Å². The number of hydrogen-bond acceptors (Lipinski definition) is 2. The fourth-order valence-electron chi connectivity index (χ4n) is 1.62. The van der Waals surface area contributed by atoms with E-state index in [0.717, 1.165) is 6.07 Å². The number of amides is 1. The monoisotopic (exact) mass is 253 g/mol. The molecule has 1 aromatic carbocycles. The highest BCUT2D eigenvalue weighted by atomic mass is 19.1. The Labute approximate surface area is 107 Å². The number of rotatable bonds is 2. The molecule has 0 aliphatic heterocycles. The number of carbonyl (C=O) groups excluding carboxylic acids is 1. The Bertz CT molecular complexity index is 452. The van der Waals surface area contributed by atoms with Gasteiger partial charge >= 0.3 is 0 Å². The number of halogens is 1. The molecular weight excluding hydrogens is 233 g/mol. The van der Waals surface area contributed by atoms with Gasteiger partial charge in [-0.15, -0.1) is 0 Å². The van der Waals surface area contributed by atoms with E-state index in [-0.39, 0.29) is 28.7 Å². The van der Waals surface area contributed by atoms with Crippen LogP contribution in [0.15, 0.2) is 18.2 Å². The van der Waals surface area contributed by atoms with Gasteiger partial charge in [0.05, 0.1) is 5.56 Å². The lowest BCUT2D eigenvalue weighted by atomic mass is 9.87. The predicted molar refractivity (Wildman–Crippen MR) is 69.1 cm³/mol. The van der Waals surface area contributed by atoms with Crippen molar-refractivity contribution >= 4 is 5.91 Å². The Hall–Kier alpha value is -1.58. The summed E-state index contributed by atoms with van der Waals surface area (Å²) >= 11 is 0. The van der Waals surface area contributed by atoms with Crippen LogP contribution in [-0.4, -0.2) is 29.0 Å². The van der Waals surface area contributed by atoms with E-state index in [1.54, 1.807) is 7.05 Å². The molecule has 18 heavy (non-hydrogen) atoms. The predicted octanol–water partition coefficient (Wildman–Crippen LogP) is 3.04. The summed E-state index contributed by atoms with van der Waals surface area (Å²) in [6, 6.07) is 3.53. The number of hydrogen-bond donors (Lipinski definition) is 1. The molecule has 1 aromatic rings. The second-order valence-corrected chi connectivity index (χ2v) is 5.62. The van der Waals surface area contributed by atoms with Crippen molar-refractivity contribution in [1.82, 2.24) is 4.90 Å². The first-order valence-electron chi connectivity index (χ1n) is 5.90. The number of aromatic hydroxyl groups is 1. The van der Waals surface area contributed by atoms with Crippen molar-refractivity contribution in [3.05, 3.63) is 29.6 Å². The molecule has 1 amide bonds. The van der Waals surface area contributed by atoms with E-state index in [1.807, 2.05) is 27.7 Å². The van der Waals surface area contributed by atoms with Crippen molar-refractivity contribution in [2.45, 2.75) is 33.7 Å². The summed E-state index contributed by atoms with van der Waals surface area (Å²) in [7, 11) is 1.66. The minimum Gasteiger partial charge on any atom is -0.508 e. The fraction of sp³-hybridized carbons (Fsp3) is 0.500. The average molecular weight is 253 g/mol. The molecule has 100 valence electrons. The summed E-state index contributed by atoms with van der Waals surface area (Å²) in [6.07, 6.45) is 0. The Morgan fingerprint density at radius 2 is 1.94 bits per heavy atom. The normalized spacial score (nSPS) is 13.2. The second-order valence-electron chi connectivity index (χ2n) is 5.62. The summed E-state index contributed by atoms with van der Waals surface area (Å²) in [4.78, 5) is 13.7. The Balaban J connectivity index is 3.00. The van der Waals surface area contributed by atoms with E-state index in [1.165, 1.54) is 17.0 Å². The van der Waals surface area contributed by atoms with E-state index in [4.69, 9.17) is 5.11 Å². The molecule has 0 saturated carbocycles. The zero-order valence-corrected chi connectivity index (χ0v) is 11.5. The third-order valence-electron chi connectivity index (χ3n) is 3.34. The van der Waals surface area contributed by atoms with Crippen LogP contribution in [0, 0.1) is 11.2 Å². The molecule has 0 saturated heterocycles. The molecule has 0 heterocycles. The van der Waals surface area contributed by atoms with Gasteiger partial charge in [0.1, 0.15) is 11.6 Å². The van der Waals surface area contributed by atoms with Gasteiger partial charge in [-0.05, 0) is 24.5 Å². The summed E-state index contributed by atoms with van der Waals surface area (Å²) < 4.78 is 13.6. The van der Waals surface area contributed by atoms with Crippen LogP contribution < -0.4 is 0 Å². The minimum atomic E-state index is -0.701. The third-order valence-corrected chi connectivity index (χ3v) is 3.34. The molecule has 0 spiro atoms. The molecule has 0 bridgehead atoms. The Morgan fingerprint density at radius 3 is 2.39 bits per heavy atom. The van der Waals surface area contributed by atoms with Gasteiger partial charge in [-0.2, -0.15) is 0 Å². The maximum absolute atomic E-state index is 13.6. The Morgan fingerprint density at radius 1 is 1.39 bits per heavy atom. The van der Waals surface area contributed by atoms with Gasteiger partial charge < -0.3 is 10.0 Å². The van der Waals surface area contributed by atoms with Crippen LogP contribution in [0.5, 0.6) is 5.75 Å². The number of nitrogens with zero attached hydrogens (tertiary/aromatic N) is 1. The van der Waals surface area contributed by atoms with Crippen LogP contribution in [0.25, 0.3) is 0 Å². The number of phenolic OH excluding ortho intramolecular Hbond substituents is 1. The summed E-state index contributed by atoms with van der Waals surface area (Å²) in [5.41, 5.74) is -0.107. The summed E-state index contributed by atoms with van der Waals surface area (Å²) in [5.74, 6) is -1.27. The highest BCUT2D eigenvalue weighted by Gasteiger charge is 2.28. The number of benzene rings is 1. The summed E-state index contributed by atoms with van der Waals surface area (Å²) in [5, 5.41) is 9.13. The van der Waals surface area contributed by atoms with Gasteiger partial charge in [0.25, 0.3) is 5.91 Å². The topological polar surface area (TPSA) is 40.5 Å². The van der Waals surface area contributed by atoms with Gasteiger partial charge in [0, 0.05) is 19.2 Å². The van der Waals surface area contributed by atoms with Crippen LogP contribution >= 0.6 is 0 Å². The van der Waals surface area contributed by atoms with Crippen LogP contribution in [0.4, 0.5) is 4.39 Å². The maximum atomic E-state index is 13.6. The van der Waals surface area contributed by atoms with Crippen molar-refractivity contribution in [3.63, 3.8) is 0 Å². The van der Waals surface area contributed by atoms with Crippen molar-refractivity contribution < 1.29 is 14.3 Å². The van der Waals surface area contributed by atoms with Crippen LogP contribution in [0.1, 0.15) is 38.1 Å². The SMILES string of the molecule is CC(N(C)C(=O)c1ccc(O)cc1F)C(C)(C)C. The van der Waals surface area contributed by atoms with Crippen molar-refractivity contribution in [3.8, 4) is 5.75 Å². The highest BCUT2D eigenvalue weighted by Crippen LogP contribution is 2.25. The molecule has 4 heteroatoms. The van der Waals surface area contributed by atoms with E-state index in [9.17, 15) is 9.18 Å². The number of carbonyl (C=O) groups is 1. The lowest BCUT2D eigenvalue weighted by Gasteiger charge is -2.35.